The number of methoxy groups -OCH3 is 1. The van der Waals surface area contributed by atoms with Crippen molar-refractivity contribution in [2.24, 2.45) is 0 Å². The summed E-state index contributed by atoms with van der Waals surface area (Å²) in [6, 6.07) is 13.1. The van der Waals surface area contributed by atoms with E-state index in [2.05, 4.69) is 4.72 Å². The minimum Gasteiger partial charge on any atom is -0.495 e. The van der Waals surface area contributed by atoms with Gasteiger partial charge in [-0.15, -0.1) is 0 Å². The molecule has 0 heterocycles. The lowest BCUT2D eigenvalue weighted by Gasteiger charge is -2.10. The van der Waals surface area contributed by atoms with E-state index >= 15 is 0 Å². The number of carboxylic acid groups (broad SMARTS) is 1. The molecule has 8 heteroatoms. The van der Waals surface area contributed by atoms with E-state index < -0.39 is 16.0 Å². The first-order valence-corrected chi connectivity index (χ1v) is 9.78. The number of aliphatic carboxylic acids is 1. The Morgan fingerprint density at radius 3 is 2.33 bits per heavy atom. The molecule has 2 aromatic rings. The zero-order valence-electron chi connectivity index (χ0n) is 14.8. The fourth-order valence-corrected chi connectivity index (χ4v) is 3.67. The molecule has 0 aliphatic rings. The Hall–Kier alpha value is -2.71. The zero-order chi connectivity index (χ0) is 19.9. The van der Waals surface area contributed by atoms with Crippen LogP contribution in [0.15, 0.2) is 53.4 Å². The van der Waals surface area contributed by atoms with Crippen molar-refractivity contribution in [2.75, 3.05) is 13.7 Å². The van der Waals surface area contributed by atoms with Crippen LogP contribution in [0.3, 0.4) is 0 Å². The number of nitrogens with one attached hydrogen (secondary N) is 1. The molecule has 0 atom stereocenters. The quantitative estimate of drug-likeness (QED) is 0.601. The average Bonchev–Trinajstić information content (AvgIpc) is 2.66. The predicted molar refractivity (Wildman–Crippen MR) is 99.5 cm³/mol. The van der Waals surface area contributed by atoms with Crippen LogP contribution in [0, 0.1) is 0 Å². The highest BCUT2D eigenvalue weighted by molar-refractivity contribution is 7.89. The highest BCUT2D eigenvalue weighted by Gasteiger charge is 2.18. The molecule has 2 N–H and O–H groups in total. The first-order chi connectivity index (χ1) is 12.8. The van der Waals surface area contributed by atoms with E-state index in [1.807, 2.05) is 0 Å². The van der Waals surface area contributed by atoms with Crippen LogP contribution >= 0.6 is 0 Å². The van der Waals surface area contributed by atoms with Gasteiger partial charge >= 0.3 is 5.97 Å². The van der Waals surface area contributed by atoms with Gasteiger partial charge in [0.2, 0.25) is 10.0 Å². The van der Waals surface area contributed by atoms with Gasteiger partial charge in [-0.1, -0.05) is 36.4 Å². The fourth-order valence-electron chi connectivity index (χ4n) is 2.47. The Morgan fingerprint density at radius 1 is 1.04 bits per heavy atom. The van der Waals surface area contributed by atoms with Crippen LogP contribution in [-0.2, 0) is 21.2 Å². The predicted octanol–water partition coefficient (Wildman–Crippen LogP) is 2.26. The second kappa shape index (κ2) is 9.29. The number of benzene rings is 2. The Bertz CT molecular complexity index is 906. The van der Waals surface area contributed by atoms with Gasteiger partial charge in [-0.2, -0.15) is 0 Å². The van der Waals surface area contributed by atoms with E-state index in [9.17, 15) is 18.0 Å². The van der Waals surface area contributed by atoms with Crippen LogP contribution in [0.5, 0.6) is 5.75 Å². The van der Waals surface area contributed by atoms with E-state index in [4.69, 9.17) is 9.84 Å². The minimum atomic E-state index is -3.70. The standard InChI is InChI=1S/C19H21NO6S/c1-26-17-4-2-3-5-18(17)27(24,25)20-13-12-14-6-8-15(9-7-14)16(21)10-11-19(22)23/h2-9,20H,10-13H2,1H3,(H,22,23). The molecule has 2 aromatic carbocycles. The fraction of sp³-hybridized carbons (Fsp3) is 0.263. The lowest BCUT2D eigenvalue weighted by Crippen LogP contribution is -2.26. The maximum atomic E-state index is 12.4. The van der Waals surface area contributed by atoms with Gasteiger partial charge in [-0.05, 0) is 24.1 Å². The maximum absolute atomic E-state index is 12.4. The molecule has 0 bridgehead atoms. The van der Waals surface area contributed by atoms with Gasteiger partial charge in [0.15, 0.2) is 5.78 Å². The molecular weight excluding hydrogens is 370 g/mol. The Balaban J connectivity index is 1.93. The lowest BCUT2D eigenvalue weighted by atomic mass is 10.0. The van der Waals surface area contributed by atoms with Crippen molar-refractivity contribution in [2.45, 2.75) is 24.2 Å². The molecule has 0 fully saturated rings. The van der Waals surface area contributed by atoms with Gasteiger partial charge in [-0.3, -0.25) is 9.59 Å². The number of para-hydroxylation sites is 1. The largest absolute Gasteiger partial charge is 0.495 e. The molecule has 0 aromatic heterocycles. The molecular formula is C19H21NO6S. The number of carboxylic acids is 1. The number of Topliss-reactive ketones (excluding diaryl/α,β-unsaturated/α-hetero) is 1. The highest BCUT2D eigenvalue weighted by Crippen LogP contribution is 2.22. The van der Waals surface area contributed by atoms with Gasteiger partial charge in [0.25, 0.3) is 0 Å². The zero-order valence-corrected chi connectivity index (χ0v) is 15.7. The maximum Gasteiger partial charge on any atom is 0.303 e. The normalized spacial score (nSPS) is 11.1. The number of ketones is 1. The minimum absolute atomic E-state index is 0.0482. The Labute approximate surface area is 158 Å². The number of hydrogen-bond acceptors (Lipinski definition) is 5. The molecule has 7 nitrogen and oxygen atoms in total. The number of hydrogen-bond donors (Lipinski definition) is 2. The summed E-state index contributed by atoms with van der Waals surface area (Å²) in [6.07, 6.45) is 0.191. The van der Waals surface area contributed by atoms with Crippen LogP contribution in [0.2, 0.25) is 0 Å². The summed E-state index contributed by atoms with van der Waals surface area (Å²) in [5.74, 6) is -0.975. The first kappa shape index (κ1) is 20.6. The highest BCUT2D eigenvalue weighted by atomic mass is 32.2. The van der Waals surface area contributed by atoms with Crippen molar-refractivity contribution in [1.29, 1.82) is 0 Å². The second-order valence-corrected chi connectivity index (χ2v) is 7.55. The number of rotatable bonds is 10. The summed E-state index contributed by atoms with van der Waals surface area (Å²) < 4.78 is 32.4. The number of sulfonamides is 1. The molecule has 0 amide bonds. The van der Waals surface area contributed by atoms with Crippen LogP contribution in [-0.4, -0.2) is 38.9 Å². The molecule has 27 heavy (non-hydrogen) atoms. The average molecular weight is 391 g/mol. The van der Waals surface area contributed by atoms with Crippen LogP contribution in [0.25, 0.3) is 0 Å². The number of carbonyl (C=O) groups is 2. The van der Waals surface area contributed by atoms with Gasteiger partial charge in [0, 0.05) is 18.5 Å². The topological polar surface area (TPSA) is 110 Å². The van der Waals surface area contributed by atoms with Crippen LogP contribution in [0.1, 0.15) is 28.8 Å². The summed E-state index contributed by atoms with van der Waals surface area (Å²) in [7, 11) is -2.28. The van der Waals surface area contributed by atoms with Gasteiger partial charge in [0.05, 0.1) is 13.5 Å². The van der Waals surface area contributed by atoms with Crippen molar-refractivity contribution in [1.82, 2.24) is 4.72 Å². The summed E-state index contributed by atoms with van der Waals surface area (Å²) in [6.45, 7) is 0.187. The van der Waals surface area contributed by atoms with Crippen LogP contribution < -0.4 is 9.46 Å². The van der Waals surface area contributed by atoms with Crippen molar-refractivity contribution in [3.8, 4) is 5.75 Å². The molecule has 2 rings (SSSR count). The summed E-state index contributed by atoms with van der Waals surface area (Å²) >= 11 is 0. The van der Waals surface area contributed by atoms with E-state index in [0.717, 1.165) is 5.56 Å². The smallest absolute Gasteiger partial charge is 0.303 e. The van der Waals surface area contributed by atoms with E-state index in [1.165, 1.54) is 13.2 Å². The molecule has 0 radical (unpaired) electrons. The van der Waals surface area contributed by atoms with Gasteiger partial charge in [0.1, 0.15) is 10.6 Å². The van der Waals surface area contributed by atoms with Crippen molar-refractivity contribution in [3.63, 3.8) is 0 Å². The van der Waals surface area contributed by atoms with Gasteiger partial charge < -0.3 is 9.84 Å². The third-order valence-corrected chi connectivity index (χ3v) is 5.41. The van der Waals surface area contributed by atoms with Crippen molar-refractivity contribution >= 4 is 21.8 Å². The third-order valence-electron chi connectivity index (χ3n) is 3.91. The second-order valence-electron chi connectivity index (χ2n) is 5.81. The first-order valence-electron chi connectivity index (χ1n) is 8.30. The van der Waals surface area contributed by atoms with E-state index in [0.29, 0.717) is 12.0 Å². The number of ether oxygens (including phenoxy) is 1. The summed E-state index contributed by atoms with van der Waals surface area (Å²) in [5.41, 5.74) is 1.29. The summed E-state index contributed by atoms with van der Waals surface area (Å²) in [4.78, 5) is 22.4. The molecule has 144 valence electrons. The molecule has 0 saturated heterocycles. The molecule has 0 aliphatic carbocycles. The summed E-state index contributed by atoms with van der Waals surface area (Å²) in [5, 5.41) is 8.62. The van der Waals surface area contributed by atoms with Crippen LogP contribution in [0.4, 0.5) is 0 Å². The van der Waals surface area contributed by atoms with E-state index in [1.54, 1.807) is 42.5 Å². The molecule has 0 unspecified atom stereocenters. The molecule has 0 spiro atoms. The SMILES string of the molecule is COc1ccccc1S(=O)(=O)NCCc1ccc(C(=O)CCC(=O)O)cc1. The van der Waals surface area contributed by atoms with Crippen molar-refractivity contribution < 1.29 is 27.9 Å². The monoisotopic (exact) mass is 391 g/mol. The third kappa shape index (κ3) is 5.90. The lowest BCUT2D eigenvalue weighted by molar-refractivity contribution is -0.136. The van der Waals surface area contributed by atoms with Gasteiger partial charge in [-0.25, -0.2) is 13.1 Å². The Morgan fingerprint density at radius 2 is 1.70 bits per heavy atom. The number of carbonyl (C=O) groups excluding carboxylic acids is 1. The molecule has 0 aliphatic heterocycles. The Kier molecular flexibility index (Phi) is 7.09. The van der Waals surface area contributed by atoms with Crippen molar-refractivity contribution in [3.05, 3.63) is 59.7 Å². The van der Waals surface area contributed by atoms with E-state index in [-0.39, 0.29) is 35.8 Å². The molecule has 0 saturated carbocycles.